The molecule has 0 saturated heterocycles. The van der Waals surface area contributed by atoms with Crippen LogP contribution in [0.1, 0.15) is 37.3 Å². The normalized spacial score (nSPS) is 16.5. The zero-order valence-electron chi connectivity index (χ0n) is 9.71. The van der Waals surface area contributed by atoms with Crippen molar-refractivity contribution in [3.63, 3.8) is 0 Å². The van der Waals surface area contributed by atoms with Crippen LogP contribution in [0.15, 0.2) is 30.3 Å². The molecular weight excluding hydrogens is 212 g/mol. The SMILES string of the molecule is Nc1c(C2CCCC2)nnn1-c1ccccc1. The topological polar surface area (TPSA) is 56.7 Å². The maximum absolute atomic E-state index is 6.15. The zero-order chi connectivity index (χ0) is 11.7. The maximum atomic E-state index is 6.15. The smallest absolute Gasteiger partial charge is 0.151 e. The number of hydrogen-bond donors (Lipinski definition) is 1. The molecule has 4 heteroatoms. The number of rotatable bonds is 2. The van der Waals surface area contributed by atoms with Gasteiger partial charge >= 0.3 is 0 Å². The van der Waals surface area contributed by atoms with Gasteiger partial charge in [-0.1, -0.05) is 36.3 Å². The minimum Gasteiger partial charge on any atom is -0.382 e. The van der Waals surface area contributed by atoms with Crippen molar-refractivity contribution in [3.05, 3.63) is 36.0 Å². The van der Waals surface area contributed by atoms with Crippen LogP contribution in [-0.4, -0.2) is 15.0 Å². The van der Waals surface area contributed by atoms with E-state index in [1.165, 1.54) is 25.7 Å². The van der Waals surface area contributed by atoms with Gasteiger partial charge in [-0.3, -0.25) is 0 Å². The summed E-state index contributed by atoms with van der Waals surface area (Å²) in [6, 6.07) is 9.92. The predicted octanol–water partition coefficient (Wildman–Crippen LogP) is 2.51. The summed E-state index contributed by atoms with van der Waals surface area (Å²) < 4.78 is 1.73. The fraction of sp³-hybridized carbons (Fsp3) is 0.385. The fourth-order valence-electron chi connectivity index (χ4n) is 2.55. The molecule has 0 radical (unpaired) electrons. The van der Waals surface area contributed by atoms with E-state index in [9.17, 15) is 0 Å². The van der Waals surface area contributed by atoms with E-state index in [1.807, 2.05) is 30.3 Å². The van der Waals surface area contributed by atoms with Crippen molar-refractivity contribution in [2.24, 2.45) is 0 Å². The molecule has 1 aliphatic rings. The Kier molecular flexibility index (Phi) is 2.55. The van der Waals surface area contributed by atoms with E-state index in [-0.39, 0.29) is 0 Å². The molecule has 1 heterocycles. The number of para-hydroxylation sites is 1. The summed E-state index contributed by atoms with van der Waals surface area (Å²) in [5, 5.41) is 8.43. The van der Waals surface area contributed by atoms with Crippen LogP contribution in [0.25, 0.3) is 5.69 Å². The molecule has 0 amide bonds. The average molecular weight is 228 g/mol. The Bertz CT molecular complexity index is 497. The molecule has 1 aromatic carbocycles. The van der Waals surface area contributed by atoms with Crippen molar-refractivity contribution in [3.8, 4) is 5.69 Å². The van der Waals surface area contributed by atoms with Gasteiger partial charge in [0.1, 0.15) is 5.69 Å². The van der Waals surface area contributed by atoms with E-state index in [4.69, 9.17) is 5.73 Å². The lowest BCUT2D eigenvalue weighted by atomic mass is 10.0. The van der Waals surface area contributed by atoms with E-state index in [2.05, 4.69) is 10.3 Å². The van der Waals surface area contributed by atoms with Gasteiger partial charge in [0.25, 0.3) is 0 Å². The molecular formula is C13H16N4. The van der Waals surface area contributed by atoms with Crippen molar-refractivity contribution < 1.29 is 0 Å². The Hall–Kier alpha value is -1.84. The molecule has 4 nitrogen and oxygen atoms in total. The average Bonchev–Trinajstić information content (AvgIpc) is 2.99. The highest BCUT2D eigenvalue weighted by Crippen LogP contribution is 2.35. The van der Waals surface area contributed by atoms with Crippen molar-refractivity contribution in [2.45, 2.75) is 31.6 Å². The van der Waals surface area contributed by atoms with E-state index in [0.29, 0.717) is 11.7 Å². The van der Waals surface area contributed by atoms with Gasteiger partial charge in [0.15, 0.2) is 5.82 Å². The summed E-state index contributed by atoms with van der Waals surface area (Å²) in [6.07, 6.45) is 4.94. The van der Waals surface area contributed by atoms with Crippen LogP contribution in [0.2, 0.25) is 0 Å². The van der Waals surface area contributed by atoms with Gasteiger partial charge in [-0.05, 0) is 25.0 Å². The van der Waals surface area contributed by atoms with E-state index >= 15 is 0 Å². The standard InChI is InChI=1S/C13H16N4/c14-13-12(10-6-4-5-7-10)15-16-17(13)11-8-2-1-3-9-11/h1-3,8-10H,4-7,14H2. The van der Waals surface area contributed by atoms with Crippen LogP contribution < -0.4 is 5.73 Å². The number of aromatic nitrogens is 3. The van der Waals surface area contributed by atoms with Crippen LogP contribution in [0.5, 0.6) is 0 Å². The molecule has 1 fully saturated rings. The molecule has 17 heavy (non-hydrogen) atoms. The summed E-state index contributed by atoms with van der Waals surface area (Å²) in [5.74, 6) is 1.20. The molecule has 1 saturated carbocycles. The van der Waals surface area contributed by atoms with Gasteiger partial charge in [0.05, 0.1) is 5.69 Å². The maximum Gasteiger partial charge on any atom is 0.151 e. The summed E-state index contributed by atoms with van der Waals surface area (Å²) in [4.78, 5) is 0. The summed E-state index contributed by atoms with van der Waals surface area (Å²) in [6.45, 7) is 0. The number of nitrogens with zero attached hydrogens (tertiary/aromatic N) is 3. The molecule has 2 aromatic rings. The predicted molar refractivity (Wildman–Crippen MR) is 67.0 cm³/mol. The first-order chi connectivity index (χ1) is 8.36. The van der Waals surface area contributed by atoms with E-state index in [1.54, 1.807) is 4.68 Å². The van der Waals surface area contributed by atoms with Crippen LogP contribution >= 0.6 is 0 Å². The monoisotopic (exact) mass is 228 g/mol. The minimum atomic E-state index is 0.507. The second kappa shape index (κ2) is 4.20. The van der Waals surface area contributed by atoms with E-state index < -0.39 is 0 Å². The Balaban J connectivity index is 1.97. The molecule has 88 valence electrons. The largest absolute Gasteiger partial charge is 0.382 e. The Labute approximate surface area is 100 Å². The summed E-state index contributed by atoms with van der Waals surface area (Å²) >= 11 is 0. The highest BCUT2D eigenvalue weighted by Gasteiger charge is 2.23. The number of benzene rings is 1. The highest BCUT2D eigenvalue weighted by atomic mass is 15.5. The molecule has 1 aromatic heterocycles. The van der Waals surface area contributed by atoms with Crippen molar-refractivity contribution in [1.82, 2.24) is 15.0 Å². The summed E-state index contributed by atoms with van der Waals surface area (Å²) in [5.41, 5.74) is 8.11. The lowest BCUT2D eigenvalue weighted by Gasteiger charge is -2.06. The van der Waals surface area contributed by atoms with Crippen LogP contribution in [0.3, 0.4) is 0 Å². The van der Waals surface area contributed by atoms with Gasteiger partial charge in [-0.15, -0.1) is 5.10 Å². The molecule has 0 atom stereocenters. The zero-order valence-corrected chi connectivity index (χ0v) is 9.71. The van der Waals surface area contributed by atoms with Crippen molar-refractivity contribution in [2.75, 3.05) is 5.73 Å². The molecule has 0 unspecified atom stereocenters. The van der Waals surface area contributed by atoms with Crippen LogP contribution in [0.4, 0.5) is 5.82 Å². The minimum absolute atomic E-state index is 0.507. The van der Waals surface area contributed by atoms with E-state index in [0.717, 1.165) is 11.4 Å². The lowest BCUT2D eigenvalue weighted by molar-refractivity contribution is 0.691. The van der Waals surface area contributed by atoms with Gasteiger partial charge in [-0.2, -0.15) is 4.68 Å². The fourth-order valence-corrected chi connectivity index (χ4v) is 2.55. The third-order valence-electron chi connectivity index (χ3n) is 3.48. The number of hydrogen-bond acceptors (Lipinski definition) is 3. The molecule has 0 spiro atoms. The quantitative estimate of drug-likeness (QED) is 0.859. The van der Waals surface area contributed by atoms with Crippen LogP contribution in [-0.2, 0) is 0 Å². The van der Waals surface area contributed by atoms with Gasteiger partial charge in [0, 0.05) is 5.92 Å². The molecule has 0 bridgehead atoms. The Morgan fingerprint density at radius 3 is 2.53 bits per heavy atom. The number of nitrogens with two attached hydrogens (primary N) is 1. The van der Waals surface area contributed by atoms with Crippen molar-refractivity contribution in [1.29, 1.82) is 0 Å². The summed E-state index contributed by atoms with van der Waals surface area (Å²) in [7, 11) is 0. The molecule has 2 N–H and O–H groups in total. The Morgan fingerprint density at radius 2 is 1.82 bits per heavy atom. The molecule has 3 rings (SSSR count). The second-order valence-electron chi connectivity index (χ2n) is 4.59. The molecule has 1 aliphatic carbocycles. The lowest BCUT2D eigenvalue weighted by Crippen LogP contribution is -2.04. The van der Waals surface area contributed by atoms with Gasteiger partial charge in [-0.25, -0.2) is 0 Å². The Morgan fingerprint density at radius 1 is 1.12 bits per heavy atom. The third kappa shape index (κ3) is 1.79. The van der Waals surface area contributed by atoms with Gasteiger partial charge in [0.2, 0.25) is 0 Å². The third-order valence-corrected chi connectivity index (χ3v) is 3.48. The second-order valence-corrected chi connectivity index (χ2v) is 4.59. The van der Waals surface area contributed by atoms with Crippen LogP contribution in [0, 0.1) is 0 Å². The first kappa shape index (κ1) is 10.3. The first-order valence-corrected chi connectivity index (χ1v) is 6.13. The molecule has 0 aliphatic heterocycles. The number of nitrogen functional groups attached to an aromatic ring is 1. The number of anilines is 1. The highest BCUT2D eigenvalue weighted by molar-refractivity contribution is 5.45. The van der Waals surface area contributed by atoms with Crippen molar-refractivity contribution >= 4 is 5.82 Å². The first-order valence-electron chi connectivity index (χ1n) is 6.13. The van der Waals surface area contributed by atoms with Gasteiger partial charge < -0.3 is 5.73 Å².